The molecule has 1 unspecified atom stereocenters. The summed E-state index contributed by atoms with van der Waals surface area (Å²) in [4.78, 5) is 39.9. The second-order valence-electron chi connectivity index (χ2n) is 8.75. The minimum atomic E-state index is -0.473. The number of carbonyl (C=O) groups excluding carboxylic acids is 3. The highest BCUT2D eigenvalue weighted by Crippen LogP contribution is 2.30. The van der Waals surface area contributed by atoms with E-state index < -0.39 is 11.8 Å². The predicted octanol–water partition coefficient (Wildman–Crippen LogP) is 7.26. The van der Waals surface area contributed by atoms with Crippen molar-refractivity contribution in [3.63, 3.8) is 0 Å². The molecule has 4 aromatic rings. The van der Waals surface area contributed by atoms with Crippen LogP contribution in [-0.4, -0.2) is 23.0 Å². The molecule has 0 fully saturated rings. The summed E-state index contributed by atoms with van der Waals surface area (Å²) in [5.41, 5.74) is 2.39. The number of thioether (sulfide) groups is 1. The van der Waals surface area contributed by atoms with Crippen LogP contribution in [0.2, 0.25) is 5.02 Å². The van der Waals surface area contributed by atoms with E-state index in [1.807, 2.05) is 55.5 Å². The summed E-state index contributed by atoms with van der Waals surface area (Å²) in [6.07, 6.45) is 2.22. The normalized spacial score (nSPS) is 11.8. The van der Waals surface area contributed by atoms with Crippen LogP contribution in [0.4, 0.5) is 11.4 Å². The molecule has 0 radical (unpaired) electrons. The van der Waals surface area contributed by atoms with Gasteiger partial charge in [0.2, 0.25) is 5.91 Å². The summed E-state index contributed by atoms with van der Waals surface area (Å²) >= 11 is 7.59. The van der Waals surface area contributed by atoms with Crippen LogP contribution in [-0.2, 0) is 9.59 Å². The molecular weight excluding hydrogens is 542 g/mol. The minimum absolute atomic E-state index is 0.101. The highest BCUT2D eigenvalue weighted by Gasteiger charge is 2.20. The van der Waals surface area contributed by atoms with E-state index in [1.54, 1.807) is 66.7 Å². The van der Waals surface area contributed by atoms with Gasteiger partial charge in [-0.15, -0.1) is 11.8 Å². The van der Waals surface area contributed by atoms with Gasteiger partial charge in [-0.1, -0.05) is 85.3 Å². The predicted molar refractivity (Wildman–Crippen MR) is 163 cm³/mol. The molecule has 0 bridgehead atoms. The number of anilines is 2. The average molecular weight is 570 g/mol. The van der Waals surface area contributed by atoms with Crippen LogP contribution in [0.3, 0.4) is 0 Å². The highest BCUT2D eigenvalue weighted by atomic mass is 35.5. The van der Waals surface area contributed by atoms with Crippen molar-refractivity contribution in [1.82, 2.24) is 5.32 Å². The molecule has 0 spiro atoms. The lowest BCUT2D eigenvalue weighted by molar-refractivity contribution is -0.116. The molecule has 3 N–H and O–H groups in total. The fourth-order valence-corrected chi connectivity index (χ4v) is 4.96. The number of hydrogen-bond donors (Lipinski definition) is 3. The summed E-state index contributed by atoms with van der Waals surface area (Å²) in [5, 5.41) is 8.60. The van der Waals surface area contributed by atoms with Crippen molar-refractivity contribution in [3.05, 3.63) is 131 Å². The summed E-state index contributed by atoms with van der Waals surface area (Å²) in [6.45, 7) is 1.94. The number of halogens is 1. The Hall–Kier alpha value is -4.33. The Labute approximate surface area is 242 Å². The standard InChI is InChI=1S/C32H28ClN3O3S/c1-2-29(32(39)35-27-19-10-9-18-26(27)33)40-25-17-11-16-24(21-25)34-31(38)28(20-22-12-5-3-6-13-22)36-30(37)23-14-7-4-8-15-23/h3-21,29H,2H2,1H3,(H,34,38)(H,35,39)(H,36,37)/b28-20-. The van der Waals surface area contributed by atoms with Crippen LogP contribution in [0.15, 0.2) is 120 Å². The van der Waals surface area contributed by atoms with Gasteiger partial charge in [-0.2, -0.15) is 0 Å². The van der Waals surface area contributed by atoms with Crippen molar-refractivity contribution >= 4 is 58.5 Å². The Balaban J connectivity index is 1.49. The largest absolute Gasteiger partial charge is 0.324 e. The van der Waals surface area contributed by atoms with Gasteiger partial charge in [-0.05, 0) is 60.5 Å². The molecule has 202 valence electrons. The van der Waals surface area contributed by atoms with E-state index in [4.69, 9.17) is 11.6 Å². The number of nitrogens with one attached hydrogen (secondary N) is 3. The Morgan fingerprint density at radius 1 is 0.825 bits per heavy atom. The maximum absolute atomic E-state index is 13.3. The van der Waals surface area contributed by atoms with Crippen LogP contribution < -0.4 is 16.0 Å². The summed E-state index contributed by atoms with van der Waals surface area (Å²) in [5.74, 6) is -1.02. The Bertz CT molecular complexity index is 1510. The van der Waals surface area contributed by atoms with Gasteiger partial charge >= 0.3 is 0 Å². The second kappa shape index (κ2) is 14.2. The summed E-state index contributed by atoms with van der Waals surface area (Å²) in [6, 6.07) is 32.3. The van der Waals surface area contributed by atoms with E-state index in [-0.39, 0.29) is 16.9 Å². The Kier molecular flexibility index (Phi) is 10.2. The maximum atomic E-state index is 13.3. The molecule has 0 saturated carbocycles. The first-order chi connectivity index (χ1) is 19.4. The molecule has 3 amide bonds. The molecule has 6 nitrogen and oxygen atoms in total. The fraction of sp³-hybridized carbons (Fsp3) is 0.0938. The molecule has 40 heavy (non-hydrogen) atoms. The third kappa shape index (κ3) is 8.09. The lowest BCUT2D eigenvalue weighted by atomic mass is 10.1. The first kappa shape index (κ1) is 28.7. The van der Waals surface area contributed by atoms with Gasteiger partial charge in [-0.3, -0.25) is 14.4 Å². The van der Waals surface area contributed by atoms with Crippen molar-refractivity contribution in [2.75, 3.05) is 10.6 Å². The zero-order valence-electron chi connectivity index (χ0n) is 21.8. The van der Waals surface area contributed by atoms with Crippen LogP contribution in [0.1, 0.15) is 29.3 Å². The zero-order valence-corrected chi connectivity index (χ0v) is 23.3. The van der Waals surface area contributed by atoms with Crippen LogP contribution in [0.5, 0.6) is 0 Å². The van der Waals surface area contributed by atoms with E-state index in [2.05, 4.69) is 16.0 Å². The van der Waals surface area contributed by atoms with Crippen molar-refractivity contribution in [2.24, 2.45) is 0 Å². The number of rotatable bonds is 10. The van der Waals surface area contributed by atoms with Gasteiger partial charge in [0.15, 0.2) is 0 Å². The molecule has 1 atom stereocenters. The smallest absolute Gasteiger partial charge is 0.272 e. The maximum Gasteiger partial charge on any atom is 0.272 e. The van der Waals surface area contributed by atoms with Gasteiger partial charge in [0.25, 0.3) is 11.8 Å². The fourth-order valence-electron chi connectivity index (χ4n) is 3.77. The number of para-hydroxylation sites is 1. The summed E-state index contributed by atoms with van der Waals surface area (Å²) in [7, 11) is 0. The molecule has 4 rings (SSSR count). The van der Waals surface area contributed by atoms with Crippen molar-refractivity contribution in [1.29, 1.82) is 0 Å². The second-order valence-corrected chi connectivity index (χ2v) is 10.4. The topological polar surface area (TPSA) is 87.3 Å². The molecule has 4 aromatic carbocycles. The molecule has 0 aliphatic rings. The van der Waals surface area contributed by atoms with Gasteiger partial charge < -0.3 is 16.0 Å². The molecular formula is C32H28ClN3O3S. The van der Waals surface area contributed by atoms with Gasteiger partial charge in [0.1, 0.15) is 5.70 Å². The summed E-state index contributed by atoms with van der Waals surface area (Å²) < 4.78 is 0. The average Bonchev–Trinajstić information content (AvgIpc) is 2.98. The SMILES string of the molecule is CCC(Sc1cccc(NC(=O)/C(=C/c2ccccc2)NC(=O)c2ccccc2)c1)C(=O)Nc1ccccc1Cl. The minimum Gasteiger partial charge on any atom is -0.324 e. The van der Waals surface area contributed by atoms with Gasteiger partial charge in [0.05, 0.1) is 16.0 Å². The third-order valence-electron chi connectivity index (χ3n) is 5.80. The monoisotopic (exact) mass is 569 g/mol. The van der Waals surface area contributed by atoms with Crippen LogP contribution in [0.25, 0.3) is 6.08 Å². The molecule has 0 aliphatic heterocycles. The molecule has 8 heteroatoms. The van der Waals surface area contributed by atoms with E-state index in [9.17, 15) is 14.4 Å². The highest BCUT2D eigenvalue weighted by molar-refractivity contribution is 8.00. The molecule has 0 aromatic heterocycles. The first-order valence-electron chi connectivity index (χ1n) is 12.7. The van der Waals surface area contributed by atoms with E-state index in [0.717, 1.165) is 10.5 Å². The van der Waals surface area contributed by atoms with Crippen LogP contribution >= 0.6 is 23.4 Å². The Morgan fingerprint density at radius 3 is 2.20 bits per heavy atom. The first-order valence-corrected chi connectivity index (χ1v) is 14.0. The lowest BCUT2D eigenvalue weighted by Gasteiger charge is -2.16. The van der Waals surface area contributed by atoms with Crippen molar-refractivity contribution < 1.29 is 14.4 Å². The van der Waals surface area contributed by atoms with Crippen molar-refractivity contribution in [3.8, 4) is 0 Å². The number of amides is 3. The quantitative estimate of drug-likeness (QED) is 0.138. The van der Waals surface area contributed by atoms with E-state index >= 15 is 0 Å². The van der Waals surface area contributed by atoms with E-state index in [1.165, 1.54) is 11.8 Å². The number of carbonyl (C=O) groups is 3. The zero-order chi connectivity index (χ0) is 28.3. The molecule has 0 aliphatic carbocycles. The van der Waals surface area contributed by atoms with Gasteiger partial charge in [-0.25, -0.2) is 0 Å². The number of benzene rings is 4. The lowest BCUT2D eigenvalue weighted by Crippen LogP contribution is -2.30. The molecule has 0 saturated heterocycles. The van der Waals surface area contributed by atoms with E-state index in [0.29, 0.717) is 28.4 Å². The molecule has 0 heterocycles. The van der Waals surface area contributed by atoms with Crippen molar-refractivity contribution in [2.45, 2.75) is 23.5 Å². The number of hydrogen-bond acceptors (Lipinski definition) is 4. The Morgan fingerprint density at radius 2 is 1.50 bits per heavy atom. The van der Waals surface area contributed by atoms with Gasteiger partial charge in [0, 0.05) is 16.1 Å². The third-order valence-corrected chi connectivity index (χ3v) is 7.49. The van der Waals surface area contributed by atoms with Crippen LogP contribution in [0, 0.1) is 0 Å².